The highest BCUT2D eigenvalue weighted by Crippen LogP contribution is 2.16. The average molecular weight is 178 g/mol. The van der Waals surface area contributed by atoms with Gasteiger partial charge in [-0.1, -0.05) is 0 Å². The van der Waals surface area contributed by atoms with Crippen LogP contribution in [0.1, 0.15) is 0 Å². The number of halogens is 2. The van der Waals surface area contributed by atoms with Gasteiger partial charge in [-0.3, -0.25) is 0 Å². The van der Waals surface area contributed by atoms with Crippen molar-refractivity contribution >= 4 is 18.1 Å². The van der Waals surface area contributed by atoms with Gasteiger partial charge in [0.25, 0.3) is 0 Å². The van der Waals surface area contributed by atoms with Gasteiger partial charge in [0.05, 0.1) is 12.8 Å². The van der Waals surface area contributed by atoms with Crippen LogP contribution in [-0.2, 0) is 0 Å². The predicted octanol–water partition coefficient (Wildman–Crippen LogP) is 1.84. The second-order valence-corrected chi connectivity index (χ2v) is 1.89. The van der Waals surface area contributed by atoms with Gasteiger partial charge in [-0.15, -0.1) is 12.4 Å². The summed E-state index contributed by atoms with van der Waals surface area (Å²) in [5.74, 6) is 0.0334. The normalized spacial score (nSPS) is 8.55. The molecule has 0 aliphatic rings. The number of rotatable bonds is 1. The van der Waals surface area contributed by atoms with Crippen molar-refractivity contribution < 1.29 is 9.13 Å². The smallest absolute Gasteiger partial charge is 0.149 e. The molecule has 4 heteroatoms. The standard InChI is InChI=1S/C7H8FNO.ClH/c1-10-5-2-3-7(9)6(8)4-5;/h2-4H,9H2,1H3;1H. The minimum absolute atomic E-state index is 0. The third kappa shape index (κ3) is 2.27. The number of hydrogen-bond acceptors (Lipinski definition) is 2. The maximum absolute atomic E-state index is 12.6. The zero-order chi connectivity index (χ0) is 7.56. The van der Waals surface area contributed by atoms with Gasteiger partial charge in [-0.05, 0) is 12.1 Å². The quantitative estimate of drug-likeness (QED) is 0.665. The van der Waals surface area contributed by atoms with E-state index in [2.05, 4.69) is 0 Å². The highest BCUT2D eigenvalue weighted by atomic mass is 35.5. The average Bonchev–Trinajstić information content (AvgIpc) is 1.95. The molecule has 0 amide bonds. The third-order valence-corrected chi connectivity index (χ3v) is 1.21. The maximum Gasteiger partial charge on any atom is 0.149 e. The number of nitrogen functional groups attached to an aromatic ring is 1. The first-order chi connectivity index (χ1) is 4.74. The fraction of sp³-hybridized carbons (Fsp3) is 0.143. The molecule has 0 radical (unpaired) electrons. The summed E-state index contributed by atoms with van der Waals surface area (Å²) in [7, 11) is 1.48. The summed E-state index contributed by atoms with van der Waals surface area (Å²) in [6.45, 7) is 0. The summed E-state index contributed by atoms with van der Waals surface area (Å²) in [6, 6.07) is 4.32. The SMILES string of the molecule is COc1ccc(N)c(F)c1.Cl. The molecule has 0 unspecified atom stereocenters. The Morgan fingerprint density at radius 2 is 2.09 bits per heavy atom. The molecule has 0 saturated carbocycles. The summed E-state index contributed by atoms with van der Waals surface area (Å²) in [4.78, 5) is 0. The van der Waals surface area contributed by atoms with E-state index in [1.54, 1.807) is 6.07 Å². The van der Waals surface area contributed by atoms with E-state index < -0.39 is 5.82 Å². The molecule has 0 fully saturated rings. The lowest BCUT2D eigenvalue weighted by atomic mass is 10.3. The fourth-order valence-corrected chi connectivity index (χ4v) is 0.635. The lowest BCUT2D eigenvalue weighted by Crippen LogP contribution is -1.90. The van der Waals surface area contributed by atoms with Crippen molar-refractivity contribution in [3.05, 3.63) is 24.0 Å². The van der Waals surface area contributed by atoms with Crippen LogP contribution in [0.2, 0.25) is 0 Å². The van der Waals surface area contributed by atoms with Crippen LogP contribution in [0.4, 0.5) is 10.1 Å². The summed E-state index contributed by atoms with van der Waals surface area (Å²) in [5, 5.41) is 0. The van der Waals surface area contributed by atoms with Crippen LogP contribution in [-0.4, -0.2) is 7.11 Å². The van der Waals surface area contributed by atoms with Gasteiger partial charge in [-0.2, -0.15) is 0 Å². The van der Waals surface area contributed by atoms with Crippen LogP contribution in [0.5, 0.6) is 5.75 Å². The van der Waals surface area contributed by atoms with E-state index in [9.17, 15) is 4.39 Å². The number of ether oxygens (including phenoxy) is 1. The van der Waals surface area contributed by atoms with Gasteiger partial charge in [0.15, 0.2) is 0 Å². The largest absolute Gasteiger partial charge is 0.497 e. The molecular weight excluding hydrogens is 169 g/mol. The molecule has 0 bridgehead atoms. The first-order valence-corrected chi connectivity index (χ1v) is 2.83. The Labute approximate surface area is 70.6 Å². The second kappa shape index (κ2) is 4.03. The van der Waals surface area contributed by atoms with E-state index in [0.717, 1.165) is 0 Å². The summed E-state index contributed by atoms with van der Waals surface area (Å²) < 4.78 is 17.3. The molecule has 0 atom stereocenters. The zero-order valence-corrected chi connectivity index (χ0v) is 6.82. The van der Waals surface area contributed by atoms with E-state index >= 15 is 0 Å². The number of anilines is 1. The van der Waals surface area contributed by atoms with E-state index in [0.29, 0.717) is 5.75 Å². The van der Waals surface area contributed by atoms with E-state index in [1.165, 1.54) is 19.2 Å². The van der Waals surface area contributed by atoms with Crippen LogP contribution in [0.15, 0.2) is 18.2 Å². The molecule has 11 heavy (non-hydrogen) atoms. The van der Waals surface area contributed by atoms with Crippen LogP contribution < -0.4 is 10.5 Å². The van der Waals surface area contributed by atoms with Crippen molar-refractivity contribution in [1.82, 2.24) is 0 Å². The Bertz CT molecular complexity index is 242. The number of benzene rings is 1. The van der Waals surface area contributed by atoms with Crippen LogP contribution in [0, 0.1) is 5.82 Å². The van der Waals surface area contributed by atoms with Crippen LogP contribution >= 0.6 is 12.4 Å². The zero-order valence-electron chi connectivity index (χ0n) is 6.00. The van der Waals surface area contributed by atoms with Crippen molar-refractivity contribution in [2.75, 3.05) is 12.8 Å². The van der Waals surface area contributed by atoms with Crippen molar-refractivity contribution in [2.45, 2.75) is 0 Å². The van der Waals surface area contributed by atoms with E-state index in [-0.39, 0.29) is 18.1 Å². The molecule has 0 spiro atoms. The highest BCUT2D eigenvalue weighted by Gasteiger charge is 1.97. The first kappa shape index (κ1) is 10.0. The molecule has 0 saturated heterocycles. The molecule has 2 nitrogen and oxygen atoms in total. The molecule has 2 N–H and O–H groups in total. The molecule has 0 aromatic heterocycles. The van der Waals surface area contributed by atoms with Crippen molar-refractivity contribution in [3.8, 4) is 5.75 Å². The monoisotopic (exact) mass is 177 g/mol. The van der Waals surface area contributed by atoms with Gasteiger partial charge in [0.2, 0.25) is 0 Å². The van der Waals surface area contributed by atoms with Crippen molar-refractivity contribution in [3.63, 3.8) is 0 Å². The number of hydrogen-bond donors (Lipinski definition) is 1. The lowest BCUT2D eigenvalue weighted by Gasteiger charge is -1.99. The van der Waals surface area contributed by atoms with Crippen LogP contribution in [0.25, 0.3) is 0 Å². The first-order valence-electron chi connectivity index (χ1n) is 2.83. The van der Waals surface area contributed by atoms with Gasteiger partial charge < -0.3 is 10.5 Å². The van der Waals surface area contributed by atoms with Gasteiger partial charge in [0.1, 0.15) is 11.6 Å². The summed E-state index contributed by atoms with van der Waals surface area (Å²) >= 11 is 0. The third-order valence-electron chi connectivity index (χ3n) is 1.21. The Morgan fingerprint density at radius 1 is 1.45 bits per heavy atom. The minimum atomic E-state index is -0.445. The Hall–Kier alpha value is -0.960. The number of nitrogens with two attached hydrogens (primary N) is 1. The molecular formula is C7H9ClFNO. The molecule has 0 aliphatic heterocycles. The topological polar surface area (TPSA) is 35.2 Å². The lowest BCUT2D eigenvalue weighted by molar-refractivity contribution is 0.411. The van der Waals surface area contributed by atoms with Gasteiger partial charge in [0, 0.05) is 6.07 Å². The minimum Gasteiger partial charge on any atom is -0.497 e. The predicted molar refractivity (Wildman–Crippen MR) is 44.6 cm³/mol. The van der Waals surface area contributed by atoms with Gasteiger partial charge >= 0.3 is 0 Å². The Kier molecular flexibility index (Phi) is 3.68. The van der Waals surface area contributed by atoms with Gasteiger partial charge in [-0.25, -0.2) is 4.39 Å². The van der Waals surface area contributed by atoms with Crippen LogP contribution in [0.3, 0.4) is 0 Å². The van der Waals surface area contributed by atoms with E-state index in [4.69, 9.17) is 10.5 Å². The molecule has 0 heterocycles. The van der Waals surface area contributed by atoms with Crippen molar-refractivity contribution in [1.29, 1.82) is 0 Å². The summed E-state index contributed by atoms with van der Waals surface area (Å²) in [5.41, 5.74) is 5.35. The highest BCUT2D eigenvalue weighted by molar-refractivity contribution is 5.85. The Morgan fingerprint density at radius 3 is 2.55 bits per heavy atom. The summed E-state index contributed by atoms with van der Waals surface area (Å²) in [6.07, 6.45) is 0. The molecule has 1 aromatic carbocycles. The number of methoxy groups -OCH3 is 1. The Balaban J connectivity index is 0.000001000. The van der Waals surface area contributed by atoms with Crippen molar-refractivity contribution in [2.24, 2.45) is 0 Å². The second-order valence-electron chi connectivity index (χ2n) is 1.89. The molecule has 62 valence electrons. The fourth-order valence-electron chi connectivity index (χ4n) is 0.635. The molecule has 1 aromatic rings. The maximum atomic E-state index is 12.6. The van der Waals surface area contributed by atoms with E-state index in [1.807, 2.05) is 0 Å². The molecule has 1 rings (SSSR count). The molecule has 0 aliphatic carbocycles.